The summed E-state index contributed by atoms with van der Waals surface area (Å²) in [6, 6.07) is 6.54. The quantitative estimate of drug-likeness (QED) is 0.305. The Morgan fingerprint density at radius 3 is 2.82 bits per heavy atom. The minimum atomic E-state index is -1.09. The normalized spacial score (nSPS) is 25.0. The summed E-state index contributed by atoms with van der Waals surface area (Å²) in [5, 5.41) is 19.9. The summed E-state index contributed by atoms with van der Waals surface area (Å²) in [7, 11) is 0. The number of hydrogen-bond donors (Lipinski definition) is 2. The molecule has 7 nitrogen and oxygen atoms in total. The van der Waals surface area contributed by atoms with Crippen LogP contribution in [0.1, 0.15) is 16.8 Å². The summed E-state index contributed by atoms with van der Waals surface area (Å²) in [5.41, 5.74) is 1.13. The number of benzene rings is 1. The lowest BCUT2D eigenvalue weighted by Gasteiger charge is -2.35. The van der Waals surface area contributed by atoms with Crippen molar-refractivity contribution in [1.29, 1.82) is 0 Å². The Hall–Kier alpha value is -1.72. The predicted octanol–water partition coefficient (Wildman–Crippen LogP) is 2.72. The predicted molar refractivity (Wildman–Crippen MR) is 111 cm³/mol. The van der Waals surface area contributed by atoms with E-state index < -0.39 is 30.6 Å². The van der Waals surface area contributed by atoms with E-state index in [1.54, 1.807) is 65.5 Å². The number of hydrogen-bond acceptors (Lipinski definition) is 7. The second-order valence-corrected chi connectivity index (χ2v) is 6.59. The van der Waals surface area contributed by atoms with Crippen molar-refractivity contribution < 1.29 is 32.3 Å². The zero-order chi connectivity index (χ0) is 20.5. The number of esters is 1. The van der Waals surface area contributed by atoms with Gasteiger partial charge in [0, 0.05) is 6.42 Å². The fourth-order valence-electron chi connectivity index (χ4n) is 2.59. The zero-order valence-corrected chi connectivity index (χ0v) is 17.4. The molecule has 2 rings (SSSR count). The molecule has 1 aliphatic rings. The summed E-state index contributed by atoms with van der Waals surface area (Å²) in [5.74, 6) is -0.104. The molecule has 28 heavy (non-hydrogen) atoms. The van der Waals surface area contributed by atoms with E-state index in [0.717, 1.165) is 5.57 Å². The van der Waals surface area contributed by atoms with Crippen molar-refractivity contribution >= 4 is 29.0 Å². The van der Waals surface area contributed by atoms with Gasteiger partial charge in [0.05, 0.1) is 5.56 Å². The Balaban J connectivity index is 1.94. The van der Waals surface area contributed by atoms with Gasteiger partial charge in [-0.2, -0.15) is 0 Å². The first-order chi connectivity index (χ1) is 13.5. The average molecular weight is 502 g/mol. The van der Waals surface area contributed by atoms with Crippen molar-refractivity contribution in [3.05, 3.63) is 66.8 Å². The number of aliphatic hydroxyl groups excluding tert-OH is 2. The first-order valence-electron chi connectivity index (χ1n) is 8.61. The maximum Gasteiger partial charge on any atom is 0.338 e. The third-order valence-electron chi connectivity index (χ3n) is 4.09. The van der Waals surface area contributed by atoms with Gasteiger partial charge in [0.25, 0.3) is 0 Å². The zero-order valence-electron chi connectivity index (χ0n) is 15.2. The molecule has 1 aromatic carbocycles. The molecule has 0 aliphatic carbocycles. The summed E-state index contributed by atoms with van der Waals surface area (Å²) < 4.78 is 21.2. The van der Waals surface area contributed by atoms with Gasteiger partial charge in [-0.1, -0.05) is 37.5 Å². The third-order valence-corrected chi connectivity index (χ3v) is 4.74. The highest BCUT2D eigenvalue weighted by Crippen LogP contribution is 2.24. The van der Waals surface area contributed by atoms with Crippen LogP contribution in [0.3, 0.4) is 0 Å². The van der Waals surface area contributed by atoms with Crippen LogP contribution in [-0.4, -0.2) is 54.0 Å². The maximum absolute atomic E-state index is 12.3. The molecule has 1 saturated heterocycles. The van der Waals surface area contributed by atoms with E-state index >= 15 is 0 Å². The van der Waals surface area contributed by atoms with Crippen molar-refractivity contribution in [2.75, 3.05) is 13.2 Å². The Morgan fingerprint density at radius 1 is 1.36 bits per heavy atom. The van der Waals surface area contributed by atoms with Crippen LogP contribution in [0.2, 0.25) is 0 Å². The monoisotopic (exact) mass is 502 g/mol. The van der Waals surface area contributed by atoms with Crippen LogP contribution in [0.5, 0.6) is 5.75 Å². The number of aliphatic hydroxyl groups is 2. The Bertz CT molecular complexity index is 718. The molecule has 0 radical (unpaired) electrons. The molecule has 0 aromatic heterocycles. The van der Waals surface area contributed by atoms with E-state index in [2.05, 4.69) is 13.2 Å². The topological polar surface area (TPSA) is 94.5 Å². The van der Waals surface area contributed by atoms with Crippen molar-refractivity contribution in [2.24, 2.45) is 0 Å². The van der Waals surface area contributed by atoms with Gasteiger partial charge in [-0.15, -0.1) is 0 Å². The van der Waals surface area contributed by atoms with Crippen LogP contribution >= 0.6 is 23.0 Å². The lowest BCUT2D eigenvalue weighted by molar-refractivity contribution is -0.231. The largest absolute Gasteiger partial charge is 0.489 e. The molecule has 0 saturated carbocycles. The van der Waals surface area contributed by atoms with Crippen LogP contribution in [-0.2, 0) is 12.5 Å². The van der Waals surface area contributed by atoms with Gasteiger partial charge in [-0.05, 0) is 23.8 Å². The molecule has 152 valence electrons. The van der Waals surface area contributed by atoms with E-state index in [4.69, 9.17) is 17.3 Å². The van der Waals surface area contributed by atoms with Crippen LogP contribution in [0.25, 0.3) is 0 Å². The van der Waals surface area contributed by atoms with Gasteiger partial charge in [0.2, 0.25) is 0 Å². The molecule has 0 bridgehead atoms. The van der Waals surface area contributed by atoms with Gasteiger partial charge < -0.3 is 27.5 Å². The van der Waals surface area contributed by atoms with Gasteiger partial charge in [-0.3, -0.25) is 0 Å². The van der Waals surface area contributed by atoms with Crippen LogP contribution in [0, 0.1) is 0 Å². The molecule has 2 N–H and O–H groups in total. The number of ether oxygens (including phenoxy) is 3. The standard InChI is InChI=1S/C20H23IO7/c1-3-6-13(4-2)11-25-15-8-5-7-14(9-15)20(24)26-12-17-19(23)16(28-21)10-18(22)27-17/h3-9,16-19,22-23H,1-2,10-12H2/b13-6+. The van der Waals surface area contributed by atoms with Crippen molar-refractivity contribution in [3.63, 3.8) is 0 Å². The van der Waals surface area contributed by atoms with E-state index in [1.165, 1.54) is 0 Å². The highest BCUT2D eigenvalue weighted by molar-refractivity contribution is 14.1. The van der Waals surface area contributed by atoms with Gasteiger partial charge >= 0.3 is 5.97 Å². The minimum Gasteiger partial charge on any atom is -0.489 e. The molecule has 8 heteroatoms. The van der Waals surface area contributed by atoms with Crippen LogP contribution in [0.4, 0.5) is 0 Å². The van der Waals surface area contributed by atoms with E-state index in [0.29, 0.717) is 5.75 Å². The second kappa shape index (κ2) is 11.3. The van der Waals surface area contributed by atoms with Gasteiger partial charge in [0.1, 0.15) is 60.3 Å². The molecule has 0 amide bonds. The molecule has 1 heterocycles. The van der Waals surface area contributed by atoms with Crippen LogP contribution < -0.4 is 4.74 Å². The van der Waals surface area contributed by atoms with E-state index in [1.807, 2.05) is 0 Å². The summed E-state index contributed by atoms with van der Waals surface area (Å²) in [4.78, 5) is 12.3. The Labute approximate surface area is 177 Å². The molecule has 1 aromatic rings. The van der Waals surface area contributed by atoms with Crippen molar-refractivity contribution in [3.8, 4) is 5.75 Å². The third kappa shape index (κ3) is 6.42. The number of carbonyl (C=O) groups excluding carboxylic acids is 1. The second-order valence-electron chi connectivity index (χ2n) is 6.08. The average Bonchev–Trinajstić information content (AvgIpc) is 2.71. The molecule has 1 fully saturated rings. The van der Waals surface area contributed by atoms with E-state index in [-0.39, 0.29) is 25.2 Å². The molecule has 4 atom stereocenters. The fourth-order valence-corrected chi connectivity index (χ4v) is 3.10. The first kappa shape index (κ1) is 22.6. The molecular formula is C20H23IO7. The lowest BCUT2D eigenvalue weighted by Crippen LogP contribution is -2.50. The fraction of sp³-hybridized carbons (Fsp3) is 0.350. The number of carbonyl (C=O) groups is 1. The van der Waals surface area contributed by atoms with Gasteiger partial charge in [-0.25, -0.2) is 4.79 Å². The molecule has 1 aliphatic heterocycles. The number of allylic oxidation sites excluding steroid dienone is 2. The van der Waals surface area contributed by atoms with Crippen molar-refractivity contribution in [1.82, 2.24) is 0 Å². The SMILES string of the molecule is C=C/C=C(\C=C)COc1cccc(C(=O)OCC2OC(O)CC(OI)C2O)c1. The van der Waals surface area contributed by atoms with Gasteiger partial charge in [0.15, 0.2) is 6.29 Å². The smallest absolute Gasteiger partial charge is 0.338 e. The van der Waals surface area contributed by atoms with E-state index in [9.17, 15) is 15.0 Å². The molecule has 0 spiro atoms. The first-order valence-corrected chi connectivity index (χ1v) is 9.49. The molecular weight excluding hydrogens is 479 g/mol. The maximum atomic E-state index is 12.3. The number of rotatable bonds is 9. The summed E-state index contributed by atoms with van der Waals surface area (Å²) >= 11 is 1.65. The van der Waals surface area contributed by atoms with Crippen LogP contribution in [0.15, 0.2) is 61.2 Å². The Kier molecular flexibility index (Phi) is 9.13. The highest BCUT2D eigenvalue weighted by atomic mass is 127. The molecule has 4 unspecified atom stereocenters. The lowest BCUT2D eigenvalue weighted by atomic mass is 10.0. The minimum absolute atomic E-state index is 0.140. The number of halogens is 1. The van der Waals surface area contributed by atoms with Crippen molar-refractivity contribution in [2.45, 2.75) is 31.0 Å². The Morgan fingerprint density at radius 2 is 2.14 bits per heavy atom. The summed E-state index contributed by atoms with van der Waals surface area (Å²) in [6.07, 6.45) is 1.63. The summed E-state index contributed by atoms with van der Waals surface area (Å²) in [6.45, 7) is 7.39. The highest BCUT2D eigenvalue weighted by Gasteiger charge is 2.38.